The lowest BCUT2D eigenvalue weighted by molar-refractivity contribution is 0.650. The monoisotopic (exact) mass is 942 g/mol. The molecule has 10 aromatic carbocycles. The summed E-state index contributed by atoms with van der Waals surface area (Å²) in [4.78, 5) is 0. The highest BCUT2D eigenvalue weighted by molar-refractivity contribution is 7.20. The third-order valence-electron chi connectivity index (χ3n) is 15.2. The smallest absolute Gasteiger partial charge is 0.179 e. The van der Waals surface area contributed by atoms with Crippen molar-refractivity contribution in [2.45, 2.75) is 19.3 Å². The predicted octanol–water partition coefficient (Wildman–Crippen LogP) is 10.7. The average molecular weight is 943 g/mol. The van der Waals surface area contributed by atoms with Gasteiger partial charge in [-0.1, -0.05) is 257 Å². The van der Waals surface area contributed by atoms with Crippen molar-refractivity contribution in [1.82, 2.24) is 9.13 Å². The second kappa shape index (κ2) is 18.2. The Balaban J connectivity index is 0.961. The molecule has 2 nitrogen and oxygen atoms in total. The van der Waals surface area contributed by atoms with Gasteiger partial charge in [0.15, 0.2) is 16.1 Å². The van der Waals surface area contributed by atoms with Gasteiger partial charge in [-0.05, 0) is 89.0 Å². The first-order chi connectivity index (χ1) is 35.0. The summed E-state index contributed by atoms with van der Waals surface area (Å²) in [6.45, 7) is 4.80. The fraction of sp³-hybridized carbons (Fsp3) is 0.0448. The standard InChI is InChI=1S/C67H54N2Si2/c1-67(2,63-49-68(65-39-23-21-37-61(63)65)51-41-45-59(46-42-51)70(53-25-9-3-10-26-53,54-27-11-4-12-28-54)55-29-13-5-14-30-55)64-50-69(66-40-24-22-38-62(64)66)52-43-47-60(48-44-52)71(56-31-15-6-16-32-56,57-33-17-7-18-34-57)58-35-19-8-20-36-58/h3-50H,1-2H3. The Labute approximate surface area is 419 Å². The van der Waals surface area contributed by atoms with Gasteiger partial charge in [-0.25, -0.2) is 0 Å². The van der Waals surface area contributed by atoms with Crippen LogP contribution in [0.15, 0.2) is 291 Å². The summed E-state index contributed by atoms with van der Waals surface area (Å²) in [5.41, 5.74) is 6.91. The minimum absolute atomic E-state index is 0.360. The molecule has 0 aliphatic heterocycles. The van der Waals surface area contributed by atoms with Crippen LogP contribution in [0.1, 0.15) is 25.0 Å². The minimum Gasteiger partial charge on any atom is -0.316 e. The Hall–Kier alpha value is -8.29. The largest absolute Gasteiger partial charge is 0.316 e. The van der Waals surface area contributed by atoms with Crippen LogP contribution in [-0.4, -0.2) is 25.3 Å². The number of para-hydroxylation sites is 2. The van der Waals surface area contributed by atoms with Gasteiger partial charge in [-0.3, -0.25) is 0 Å². The fourth-order valence-corrected chi connectivity index (χ4v) is 21.3. The average Bonchev–Trinajstić information content (AvgIpc) is 4.05. The molecular formula is C67H54N2Si2. The number of rotatable bonds is 12. The lowest BCUT2D eigenvalue weighted by Crippen LogP contribution is -2.74. The van der Waals surface area contributed by atoms with E-state index in [0.717, 1.165) is 11.4 Å². The van der Waals surface area contributed by atoms with Gasteiger partial charge in [-0.2, -0.15) is 0 Å². The number of nitrogens with zero attached hydrogens (tertiary/aromatic N) is 2. The van der Waals surface area contributed by atoms with Crippen LogP contribution < -0.4 is 41.5 Å². The second-order valence-electron chi connectivity index (χ2n) is 19.3. The molecule has 4 heteroatoms. The second-order valence-corrected chi connectivity index (χ2v) is 26.9. The maximum absolute atomic E-state index is 2.67. The number of hydrogen-bond acceptors (Lipinski definition) is 0. The summed E-state index contributed by atoms with van der Waals surface area (Å²) < 4.78 is 4.82. The van der Waals surface area contributed by atoms with Crippen molar-refractivity contribution >= 4 is 79.4 Å². The van der Waals surface area contributed by atoms with E-state index in [-0.39, 0.29) is 5.41 Å². The van der Waals surface area contributed by atoms with E-state index in [1.54, 1.807) is 0 Å². The molecule has 2 heterocycles. The molecule has 0 bridgehead atoms. The van der Waals surface area contributed by atoms with E-state index in [1.807, 2.05) is 0 Å². The Kier molecular flexibility index (Phi) is 11.3. The van der Waals surface area contributed by atoms with E-state index in [9.17, 15) is 0 Å². The summed E-state index contributed by atoms with van der Waals surface area (Å²) in [7, 11) is -5.34. The molecule has 0 spiro atoms. The Morgan fingerprint density at radius 3 is 0.746 bits per heavy atom. The van der Waals surface area contributed by atoms with Crippen LogP contribution in [0.5, 0.6) is 0 Å². The van der Waals surface area contributed by atoms with Crippen molar-refractivity contribution < 1.29 is 0 Å². The molecule has 0 N–H and O–H groups in total. The quantitative estimate of drug-likeness (QED) is 0.0853. The maximum atomic E-state index is 2.41. The van der Waals surface area contributed by atoms with Crippen molar-refractivity contribution in [2.24, 2.45) is 0 Å². The van der Waals surface area contributed by atoms with E-state index in [0.29, 0.717) is 0 Å². The minimum atomic E-state index is -2.67. The van der Waals surface area contributed by atoms with Crippen LogP contribution in [0.4, 0.5) is 0 Å². The lowest BCUT2D eigenvalue weighted by Gasteiger charge is -2.34. The van der Waals surface area contributed by atoms with Gasteiger partial charge in [0.2, 0.25) is 0 Å². The van der Waals surface area contributed by atoms with Crippen LogP contribution in [0.2, 0.25) is 0 Å². The summed E-state index contributed by atoms with van der Waals surface area (Å²) in [5, 5.41) is 13.5. The molecule has 0 atom stereocenters. The first-order valence-corrected chi connectivity index (χ1v) is 28.7. The Morgan fingerprint density at radius 1 is 0.254 bits per heavy atom. The fourth-order valence-electron chi connectivity index (χ4n) is 11.8. The first-order valence-electron chi connectivity index (χ1n) is 24.7. The van der Waals surface area contributed by atoms with Gasteiger partial charge in [0.25, 0.3) is 0 Å². The highest BCUT2D eigenvalue weighted by atomic mass is 28.3. The molecule has 0 radical (unpaired) electrons. The zero-order chi connectivity index (χ0) is 47.8. The van der Waals surface area contributed by atoms with Gasteiger partial charge in [0.1, 0.15) is 0 Å². The summed E-state index contributed by atoms with van der Waals surface area (Å²) in [6.07, 6.45) is 4.80. The van der Waals surface area contributed by atoms with Crippen molar-refractivity contribution in [3.8, 4) is 11.4 Å². The predicted molar refractivity (Wildman–Crippen MR) is 306 cm³/mol. The molecule has 0 saturated heterocycles. The third-order valence-corrected chi connectivity index (χ3v) is 24.8. The topological polar surface area (TPSA) is 9.86 Å². The van der Waals surface area contributed by atoms with Gasteiger partial charge in [0, 0.05) is 40.0 Å². The third kappa shape index (κ3) is 7.29. The van der Waals surface area contributed by atoms with E-state index in [2.05, 4.69) is 314 Å². The normalized spacial score (nSPS) is 12.1. The first kappa shape index (κ1) is 44.0. The SMILES string of the molecule is CC(C)(c1cn(-c2ccc([Si](c3ccccc3)(c3ccccc3)c3ccccc3)cc2)c2ccccc12)c1cn(-c2ccc([Si](c3ccccc3)(c3ccccc3)c3ccccc3)cc2)c2ccccc12. The van der Waals surface area contributed by atoms with Crippen molar-refractivity contribution in [1.29, 1.82) is 0 Å². The van der Waals surface area contributed by atoms with Crippen LogP contribution in [0.25, 0.3) is 33.2 Å². The van der Waals surface area contributed by atoms with Gasteiger partial charge >= 0.3 is 0 Å². The highest BCUT2D eigenvalue weighted by Crippen LogP contribution is 2.42. The highest BCUT2D eigenvalue weighted by Gasteiger charge is 2.43. The number of hydrogen-bond donors (Lipinski definition) is 0. The lowest BCUT2D eigenvalue weighted by atomic mass is 9.78. The Bertz CT molecular complexity index is 3290. The van der Waals surface area contributed by atoms with Crippen molar-refractivity contribution in [3.63, 3.8) is 0 Å². The molecule has 0 fully saturated rings. The summed E-state index contributed by atoms with van der Waals surface area (Å²) in [6, 6.07) is 104. The van der Waals surface area contributed by atoms with Crippen LogP contribution in [0, 0.1) is 0 Å². The molecule has 12 aromatic rings. The zero-order valence-corrected chi connectivity index (χ0v) is 42.1. The van der Waals surface area contributed by atoms with Crippen molar-refractivity contribution in [3.05, 3.63) is 303 Å². The molecule has 0 unspecified atom stereocenters. The number of aromatic nitrogens is 2. The van der Waals surface area contributed by atoms with Crippen LogP contribution >= 0.6 is 0 Å². The summed E-state index contributed by atoms with van der Waals surface area (Å²) in [5.74, 6) is 0. The van der Waals surface area contributed by atoms with E-state index in [1.165, 1.54) is 74.4 Å². The van der Waals surface area contributed by atoms with E-state index in [4.69, 9.17) is 0 Å². The van der Waals surface area contributed by atoms with Crippen LogP contribution in [-0.2, 0) is 5.41 Å². The van der Waals surface area contributed by atoms with Gasteiger partial charge in [-0.15, -0.1) is 0 Å². The molecule has 0 saturated carbocycles. The molecule has 0 aliphatic rings. The molecule has 0 amide bonds. The molecule has 12 rings (SSSR count). The van der Waals surface area contributed by atoms with Gasteiger partial charge in [0.05, 0.1) is 11.0 Å². The maximum Gasteiger partial charge on any atom is 0.179 e. The Morgan fingerprint density at radius 2 is 0.479 bits per heavy atom. The molecular weight excluding hydrogens is 889 g/mol. The zero-order valence-electron chi connectivity index (χ0n) is 40.1. The number of fused-ring (bicyclic) bond motifs is 2. The molecule has 71 heavy (non-hydrogen) atoms. The van der Waals surface area contributed by atoms with E-state index >= 15 is 0 Å². The molecule has 340 valence electrons. The summed E-state index contributed by atoms with van der Waals surface area (Å²) >= 11 is 0. The number of benzene rings is 10. The molecule has 0 aliphatic carbocycles. The van der Waals surface area contributed by atoms with Gasteiger partial charge < -0.3 is 9.13 Å². The van der Waals surface area contributed by atoms with Crippen molar-refractivity contribution in [2.75, 3.05) is 0 Å². The van der Waals surface area contributed by atoms with Crippen LogP contribution in [0.3, 0.4) is 0 Å². The molecule has 2 aromatic heterocycles. The van der Waals surface area contributed by atoms with E-state index < -0.39 is 16.1 Å².